The zero-order valence-corrected chi connectivity index (χ0v) is 13.4. The van der Waals surface area contributed by atoms with Gasteiger partial charge in [-0.25, -0.2) is 0 Å². The summed E-state index contributed by atoms with van der Waals surface area (Å²) >= 11 is 0. The Balaban J connectivity index is 2.25. The molecule has 0 saturated heterocycles. The Hall–Kier alpha value is -2.89. The monoisotopic (exact) mass is 328 g/mol. The molecular formula is C18H16O6. The zero-order valence-electron chi connectivity index (χ0n) is 13.4. The molecule has 2 heterocycles. The summed E-state index contributed by atoms with van der Waals surface area (Å²) in [6, 6.07) is 3.98. The van der Waals surface area contributed by atoms with Gasteiger partial charge in [-0.3, -0.25) is 4.79 Å². The van der Waals surface area contributed by atoms with E-state index in [0.717, 1.165) is 0 Å². The summed E-state index contributed by atoms with van der Waals surface area (Å²) in [7, 11) is 0. The number of ether oxygens (including phenoxy) is 1. The molecule has 124 valence electrons. The minimum atomic E-state index is -0.530. The summed E-state index contributed by atoms with van der Waals surface area (Å²) in [6.45, 7) is 5.75. The smallest absolute Gasteiger partial charge is 0.204 e. The van der Waals surface area contributed by atoms with E-state index in [1.54, 1.807) is 0 Å². The molecule has 3 aromatic rings. The van der Waals surface area contributed by atoms with Crippen molar-refractivity contribution in [2.24, 2.45) is 0 Å². The Bertz CT molecular complexity index is 1080. The first kappa shape index (κ1) is 14.7. The van der Waals surface area contributed by atoms with Crippen molar-refractivity contribution >= 4 is 21.9 Å². The van der Waals surface area contributed by atoms with Crippen LogP contribution in [-0.4, -0.2) is 20.9 Å². The Morgan fingerprint density at radius 2 is 1.79 bits per heavy atom. The van der Waals surface area contributed by atoms with E-state index in [-0.39, 0.29) is 39.4 Å². The van der Waals surface area contributed by atoms with Crippen LogP contribution in [0.5, 0.6) is 23.0 Å². The van der Waals surface area contributed by atoms with Gasteiger partial charge in [-0.05, 0) is 26.0 Å². The summed E-state index contributed by atoms with van der Waals surface area (Å²) in [5, 5.41) is 30.2. The van der Waals surface area contributed by atoms with Gasteiger partial charge in [0, 0.05) is 17.5 Å². The highest BCUT2D eigenvalue weighted by Crippen LogP contribution is 2.50. The van der Waals surface area contributed by atoms with Gasteiger partial charge < -0.3 is 24.5 Å². The summed E-state index contributed by atoms with van der Waals surface area (Å²) in [5.41, 5.74) is -0.288. The topological polar surface area (TPSA) is 100 Å². The third-order valence-corrected chi connectivity index (χ3v) is 4.90. The van der Waals surface area contributed by atoms with Gasteiger partial charge in [-0.2, -0.15) is 0 Å². The van der Waals surface area contributed by atoms with E-state index in [1.165, 1.54) is 18.2 Å². The molecule has 3 N–H and O–H groups in total. The molecule has 0 aliphatic carbocycles. The first-order valence-corrected chi connectivity index (χ1v) is 7.58. The summed E-state index contributed by atoms with van der Waals surface area (Å²) in [5.74, 6) is -0.784. The van der Waals surface area contributed by atoms with Crippen LogP contribution in [0, 0.1) is 0 Å². The fourth-order valence-electron chi connectivity index (χ4n) is 3.26. The number of hydrogen-bond donors (Lipinski definition) is 3. The van der Waals surface area contributed by atoms with Crippen molar-refractivity contribution in [1.29, 1.82) is 0 Å². The van der Waals surface area contributed by atoms with Crippen molar-refractivity contribution in [2.75, 3.05) is 0 Å². The average Bonchev–Trinajstić information content (AvgIpc) is 2.73. The summed E-state index contributed by atoms with van der Waals surface area (Å²) in [6.07, 6.45) is 0. The summed E-state index contributed by atoms with van der Waals surface area (Å²) < 4.78 is 11.6. The van der Waals surface area contributed by atoms with E-state index in [9.17, 15) is 20.1 Å². The van der Waals surface area contributed by atoms with E-state index in [4.69, 9.17) is 9.15 Å². The molecular weight excluding hydrogens is 312 g/mol. The van der Waals surface area contributed by atoms with Crippen LogP contribution in [0.4, 0.5) is 0 Å². The average molecular weight is 328 g/mol. The molecule has 0 radical (unpaired) electrons. The molecule has 1 aliphatic rings. The van der Waals surface area contributed by atoms with Crippen molar-refractivity contribution < 1.29 is 24.5 Å². The molecule has 0 bridgehead atoms. The van der Waals surface area contributed by atoms with E-state index >= 15 is 0 Å². The molecule has 1 aliphatic heterocycles. The molecule has 4 rings (SSSR count). The quantitative estimate of drug-likeness (QED) is 0.432. The molecule has 0 amide bonds. The fraction of sp³-hybridized carbons (Fsp3) is 0.278. The number of hydrogen-bond acceptors (Lipinski definition) is 6. The lowest BCUT2D eigenvalue weighted by Gasteiger charge is -2.22. The van der Waals surface area contributed by atoms with Crippen molar-refractivity contribution in [3.05, 3.63) is 34.0 Å². The minimum Gasteiger partial charge on any atom is -0.507 e. The van der Waals surface area contributed by atoms with Gasteiger partial charge in [0.2, 0.25) is 11.2 Å². The number of fused-ring (bicyclic) bond motifs is 4. The molecule has 0 saturated carbocycles. The van der Waals surface area contributed by atoms with Gasteiger partial charge in [-0.1, -0.05) is 6.92 Å². The number of phenols is 3. The predicted molar refractivity (Wildman–Crippen MR) is 88.1 cm³/mol. The normalized spacial score (nSPS) is 18.7. The van der Waals surface area contributed by atoms with Crippen LogP contribution in [-0.2, 0) is 0 Å². The van der Waals surface area contributed by atoms with Gasteiger partial charge in [0.15, 0.2) is 11.3 Å². The molecule has 0 spiro atoms. The second-order valence-corrected chi connectivity index (χ2v) is 6.68. The van der Waals surface area contributed by atoms with Crippen LogP contribution in [0.1, 0.15) is 32.3 Å². The van der Waals surface area contributed by atoms with Crippen molar-refractivity contribution in [2.45, 2.75) is 32.3 Å². The molecule has 0 unspecified atom stereocenters. The van der Waals surface area contributed by atoms with Gasteiger partial charge >= 0.3 is 0 Å². The van der Waals surface area contributed by atoms with Crippen LogP contribution < -0.4 is 10.2 Å². The van der Waals surface area contributed by atoms with Crippen molar-refractivity contribution in [3.8, 4) is 23.0 Å². The SMILES string of the molecule is C[C@@H]1c2c(cc(O)c3c(=O)c4ccc(O)c(O)c4oc23)OC1(C)C. The molecule has 1 aromatic heterocycles. The summed E-state index contributed by atoms with van der Waals surface area (Å²) in [4.78, 5) is 12.8. The molecule has 6 heteroatoms. The van der Waals surface area contributed by atoms with E-state index in [0.29, 0.717) is 11.3 Å². The van der Waals surface area contributed by atoms with Crippen molar-refractivity contribution in [1.82, 2.24) is 0 Å². The molecule has 2 aromatic carbocycles. The third-order valence-electron chi connectivity index (χ3n) is 4.90. The highest BCUT2D eigenvalue weighted by Gasteiger charge is 2.41. The van der Waals surface area contributed by atoms with Gasteiger partial charge in [-0.15, -0.1) is 0 Å². The second kappa shape index (κ2) is 4.35. The standard InChI is InChI=1S/C18H16O6/c1-7-12-11(24-18(7,2)3)6-10(20)13-14(21)8-4-5-9(19)15(22)16(8)23-17(12)13/h4-7,19-20,22H,1-3H3/t7-/m1/s1. The highest BCUT2D eigenvalue weighted by atomic mass is 16.5. The number of rotatable bonds is 0. The van der Waals surface area contributed by atoms with E-state index < -0.39 is 16.8 Å². The van der Waals surface area contributed by atoms with Gasteiger partial charge in [0.25, 0.3) is 0 Å². The van der Waals surface area contributed by atoms with Crippen LogP contribution >= 0.6 is 0 Å². The van der Waals surface area contributed by atoms with Crippen LogP contribution in [0.3, 0.4) is 0 Å². The van der Waals surface area contributed by atoms with Crippen LogP contribution in [0.2, 0.25) is 0 Å². The second-order valence-electron chi connectivity index (χ2n) is 6.68. The van der Waals surface area contributed by atoms with Crippen molar-refractivity contribution in [3.63, 3.8) is 0 Å². The Labute approximate surface area is 136 Å². The van der Waals surface area contributed by atoms with E-state index in [1.807, 2.05) is 20.8 Å². The number of aromatic hydroxyl groups is 3. The Kier molecular flexibility index (Phi) is 2.66. The van der Waals surface area contributed by atoms with Gasteiger partial charge in [0.1, 0.15) is 28.1 Å². The molecule has 0 fully saturated rings. The predicted octanol–water partition coefficient (Wildman–Crippen LogP) is 3.34. The lowest BCUT2D eigenvalue weighted by atomic mass is 9.87. The number of phenolic OH excluding ortho intramolecular Hbond substituents is 3. The highest BCUT2D eigenvalue weighted by molar-refractivity contribution is 5.98. The maximum absolute atomic E-state index is 12.8. The molecule has 24 heavy (non-hydrogen) atoms. The van der Waals surface area contributed by atoms with Gasteiger partial charge in [0.05, 0.1) is 5.39 Å². The molecule has 1 atom stereocenters. The van der Waals surface area contributed by atoms with E-state index in [2.05, 4.69) is 0 Å². The third kappa shape index (κ3) is 1.68. The first-order valence-electron chi connectivity index (χ1n) is 7.58. The van der Waals surface area contributed by atoms with Crippen LogP contribution in [0.15, 0.2) is 27.4 Å². The fourth-order valence-corrected chi connectivity index (χ4v) is 3.26. The minimum absolute atomic E-state index is 0.0412. The van der Waals surface area contributed by atoms with Crippen LogP contribution in [0.25, 0.3) is 21.9 Å². The first-order chi connectivity index (χ1) is 11.2. The maximum Gasteiger partial charge on any atom is 0.204 e. The zero-order chi connectivity index (χ0) is 17.4. The Morgan fingerprint density at radius 3 is 2.50 bits per heavy atom. The maximum atomic E-state index is 12.8. The lowest BCUT2D eigenvalue weighted by molar-refractivity contribution is 0.115. The largest absolute Gasteiger partial charge is 0.507 e. The lowest BCUT2D eigenvalue weighted by Crippen LogP contribution is -2.28. The Morgan fingerprint density at radius 1 is 1.08 bits per heavy atom. The molecule has 6 nitrogen and oxygen atoms in total. The number of benzene rings is 2.